The monoisotopic (exact) mass is 587 g/mol. The lowest BCUT2D eigenvalue weighted by molar-refractivity contribution is -0.142. The molecule has 0 bridgehead atoms. The zero-order valence-corrected chi connectivity index (χ0v) is 24.3. The Balaban J connectivity index is 2.30. The summed E-state index contributed by atoms with van der Waals surface area (Å²) in [4.78, 5) is 58.7. The molecule has 14 nitrogen and oxygen atoms in total. The third-order valence-corrected chi connectivity index (χ3v) is 6.89. The lowest BCUT2D eigenvalue weighted by atomic mass is 10.0. The van der Waals surface area contributed by atoms with Crippen LogP contribution in [0.4, 0.5) is 0 Å². The van der Waals surface area contributed by atoms with Crippen LogP contribution >= 0.6 is 0 Å². The molecule has 232 valence electrons. The van der Waals surface area contributed by atoms with Crippen molar-refractivity contribution in [3.8, 4) is 0 Å². The summed E-state index contributed by atoms with van der Waals surface area (Å²) in [7, 11) is 0. The lowest BCUT2D eigenvalue weighted by Gasteiger charge is -2.26. The molecule has 0 aliphatic carbocycles. The maximum Gasteiger partial charge on any atom is 0.326 e. The molecule has 1 heterocycles. The summed E-state index contributed by atoms with van der Waals surface area (Å²) in [6.45, 7) is 4.18. The van der Waals surface area contributed by atoms with Gasteiger partial charge in [-0.3, -0.25) is 19.4 Å². The average Bonchev–Trinajstić information content (AvgIpc) is 3.35. The molecule has 0 aliphatic heterocycles. The van der Waals surface area contributed by atoms with E-state index < -0.39 is 47.9 Å². The van der Waals surface area contributed by atoms with Gasteiger partial charge in [0, 0.05) is 30.1 Å². The maximum atomic E-state index is 13.7. The fraction of sp³-hybridized carbons (Fsp3) is 0.536. The molecule has 0 spiro atoms. The minimum atomic E-state index is -1.20. The predicted molar refractivity (Wildman–Crippen MR) is 161 cm³/mol. The Hall–Kier alpha value is -4.17. The van der Waals surface area contributed by atoms with E-state index in [0.29, 0.717) is 25.8 Å². The van der Waals surface area contributed by atoms with Crippen LogP contribution in [0.1, 0.15) is 51.5 Å². The molecule has 1 aromatic heterocycles. The number of para-hydroxylation sites is 1. The second kappa shape index (κ2) is 16.9. The first-order valence-electron chi connectivity index (χ1n) is 14.1. The van der Waals surface area contributed by atoms with Crippen molar-refractivity contribution in [3.05, 3.63) is 36.0 Å². The molecule has 0 aliphatic rings. The van der Waals surface area contributed by atoms with Gasteiger partial charge in [0.05, 0.1) is 6.04 Å². The largest absolute Gasteiger partial charge is 0.480 e. The van der Waals surface area contributed by atoms with Gasteiger partial charge < -0.3 is 49.0 Å². The van der Waals surface area contributed by atoms with Gasteiger partial charge in [0.1, 0.15) is 18.1 Å². The van der Waals surface area contributed by atoms with Crippen LogP contribution in [-0.4, -0.2) is 77.0 Å². The number of aromatic amines is 1. The first kappa shape index (κ1) is 34.0. The van der Waals surface area contributed by atoms with Crippen molar-refractivity contribution < 1.29 is 24.3 Å². The molecule has 0 fully saturated rings. The van der Waals surface area contributed by atoms with Crippen LogP contribution in [0.3, 0.4) is 0 Å². The Labute approximate surface area is 245 Å². The number of hydrogen-bond acceptors (Lipinski definition) is 7. The molecule has 0 radical (unpaired) electrons. The highest BCUT2D eigenvalue weighted by Gasteiger charge is 2.31. The van der Waals surface area contributed by atoms with Crippen molar-refractivity contribution in [1.29, 1.82) is 0 Å². The number of nitrogens with zero attached hydrogens (tertiary/aromatic N) is 1. The fourth-order valence-electron chi connectivity index (χ4n) is 4.37. The summed E-state index contributed by atoms with van der Waals surface area (Å²) in [6, 6.07) is 3.32. The highest BCUT2D eigenvalue weighted by atomic mass is 16.4. The summed E-state index contributed by atoms with van der Waals surface area (Å²) in [5.41, 5.74) is 24.0. The number of H-pyrrole nitrogens is 1. The van der Waals surface area contributed by atoms with Gasteiger partial charge in [0.25, 0.3) is 0 Å². The van der Waals surface area contributed by atoms with Gasteiger partial charge in [-0.1, -0.05) is 32.0 Å². The van der Waals surface area contributed by atoms with E-state index in [2.05, 4.69) is 25.9 Å². The molecule has 14 heteroatoms. The van der Waals surface area contributed by atoms with E-state index in [1.807, 2.05) is 24.3 Å². The van der Waals surface area contributed by atoms with Crippen LogP contribution in [0.5, 0.6) is 0 Å². The highest BCUT2D eigenvalue weighted by Crippen LogP contribution is 2.19. The third-order valence-electron chi connectivity index (χ3n) is 6.89. The first-order chi connectivity index (χ1) is 19.9. The van der Waals surface area contributed by atoms with Crippen molar-refractivity contribution in [2.45, 2.75) is 76.5 Å². The third kappa shape index (κ3) is 10.7. The van der Waals surface area contributed by atoms with Crippen LogP contribution in [0, 0.1) is 5.92 Å². The quantitative estimate of drug-likeness (QED) is 0.0613. The van der Waals surface area contributed by atoms with Gasteiger partial charge in [0.2, 0.25) is 17.7 Å². The number of fused-ring (bicyclic) bond motifs is 1. The first-order valence-corrected chi connectivity index (χ1v) is 14.1. The van der Waals surface area contributed by atoms with E-state index in [-0.39, 0.29) is 37.7 Å². The second-order valence-corrected chi connectivity index (χ2v) is 10.6. The Morgan fingerprint density at radius 2 is 1.52 bits per heavy atom. The SMILES string of the molecule is CC(C)C(N)C(=O)NC(Cc1c[nH]c2ccccc12)C(=O)NC(CCCN=C(N)N)C(=O)NC(CCCCN)C(=O)O. The standard InChI is InChI=1S/C28H45N9O5/c1-16(2)23(30)26(40)37-22(14-17-15-34-19-9-4-3-8-18(17)19)25(39)35-20(11-7-13-33-28(31)32)24(38)36-21(27(41)42)10-5-6-12-29/h3-4,8-9,15-16,20-23,34H,5-7,10-14,29-30H2,1-2H3,(H,35,39)(H,36,38)(H,37,40)(H,41,42)(H4,31,32,33). The summed E-state index contributed by atoms with van der Waals surface area (Å²) in [5, 5.41) is 18.5. The number of hydrogen-bond donors (Lipinski definition) is 9. The van der Waals surface area contributed by atoms with Gasteiger partial charge in [-0.15, -0.1) is 0 Å². The molecule has 3 amide bonds. The number of amides is 3. The Bertz CT molecular complexity index is 1230. The number of nitrogens with one attached hydrogen (secondary N) is 4. The van der Waals surface area contributed by atoms with Gasteiger partial charge in [-0.25, -0.2) is 4.79 Å². The van der Waals surface area contributed by atoms with E-state index >= 15 is 0 Å². The van der Waals surface area contributed by atoms with Crippen molar-refractivity contribution >= 4 is 40.6 Å². The number of aliphatic imine (C=N–C) groups is 1. The zero-order valence-electron chi connectivity index (χ0n) is 24.3. The smallest absolute Gasteiger partial charge is 0.326 e. The number of carboxylic acids is 1. The Morgan fingerprint density at radius 1 is 0.905 bits per heavy atom. The number of carbonyl (C=O) groups excluding carboxylic acids is 3. The second-order valence-electron chi connectivity index (χ2n) is 10.6. The fourth-order valence-corrected chi connectivity index (χ4v) is 4.37. The van der Waals surface area contributed by atoms with Crippen molar-refractivity contribution in [1.82, 2.24) is 20.9 Å². The number of aliphatic carboxylic acids is 1. The van der Waals surface area contributed by atoms with Crippen LogP contribution in [0.2, 0.25) is 0 Å². The summed E-state index contributed by atoms with van der Waals surface area (Å²) in [5.74, 6) is -3.30. The van der Waals surface area contributed by atoms with Crippen molar-refractivity contribution in [2.75, 3.05) is 13.1 Å². The number of aromatic nitrogens is 1. The number of benzene rings is 1. The molecule has 13 N–H and O–H groups in total. The van der Waals surface area contributed by atoms with E-state index in [0.717, 1.165) is 16.5 Å². The van der Waals surface area contributed by atoms with E-state index in [9.17, 15) is 24.3 Å². The number of carbonyl (C=O) groups is 4. The normalized spacial score (nSPS) is 14.0. The van der Waals surface area contributed by atoms with E-state index in [1.54, 1.807) is 20.0 Å². The highest BCUT2D eigenvalue weighted by molar-refractivity contribution is 5.95. The van der Waals surface area contributed by atoms with Crippen LogP contribution < -0.4 is 38.9 Å². The molecule has 2 aromatic rings. The average molecular weight is 588 g/mol. The van der Waals surface area contributed by atoms with E-state index in [1.165, 1.54) is 0 Å². The van der Waals surface area contributed by atoms with Gasteiger partial charge in [-0.2, -0.15) is 0 Å². The van der Waals surface area contributed by atoms with Crippen LogP contribution in [0.15, 0.2) is 35.5 Å². The number of unbranched alkanes of at least 4 members (excludes halogenated alkanes) is 1. The molecule has 4 unspecified atom stereocenters. The number of nitrogens with two attached hydrogens (primary N) is 4. The summed E-state index contributed by atoms with van der Waals surface area (Å²) in [6.07, 6.45) is 3.60. The Morgan fingerprint density at radius 3 is 2.17 bits per heavy atom. The lowest BCUT2D eigenvalue weighted by Crippen LogP contribution is -2.58. The number of carboxylic acid groups (broad SMARTS) is 1. The molecular weight excluding hydrogens is 542 g/mol. The Kier molecular flexibility index (Phi) is 13.7. The van der Waals surface area contributed by atoms with E-state index in [4.69, 9.17) is 22.9 Å². The number of rotatable bonds is 18. The zero-order chi connectivity index (χ0) is 31.2. The molecular formula is C28H45N9O5. The molecule has 1 aromatic carbocycles. The minimum Gasteiger partial charge on any atom is -0.480 e. The number of guanidine groups is 1. The van der Waals surface area contributed by atoms with Gasteiger partial charge >= 0.3 is 5.97 Å². The van der Waals surface area contributed by atoms with Gasteiger partial charge in [0.15, 0.2) is 5.96 Å². The topological polar surface area (TPSA) is 257 Å². The summed E-state index contributed by atoms with van der Waals surface area (Å²) >= 11 is 0. The molecule has 2 rings (SSSR count). The van der Waals surface area contributed by atoms with Crippen LogP contribution in [-0.2, 0) is 25.6 Å². The van der Waals surface area contributed by atoms with Gasteiger partial charge in [-0.05, 0) is 56.2 Å². The molecule has 0 saturated carbocycles. The molecule has 0 saturated heterocycles. The molecule has 4 atom stereocenters. The van der Waals surface area contributed by atoms with Crippen molar-refractivity contribution in [3.63, 3.8) is 0 Å². The summed E-state index contributed by atoms with van der Waals surface area (Å²) < 4.78 is 0. The maximum absolute atomic E-state index is 13.7. The van der Waals surface area contributed by atoms with Crippen molar-refractivity contribution in [2.24, 2.45) is 33.8 Å². The van der Waals surface area contributed by atoms with Crippen LogP contribution in [0.25, 0.3) is 10.9 Å². The molecule has 42 heavy (non-hydrogen) atoms. The predicted octanol–water partition coefficient (Wildman–Crippen LogP) is -0.585. The minimum absolute atomic E-state index is 0.114.